The van der Waals surface area contributed by atoms with E-state index in [1.54, 1.807) is 16.6 Å². The van der Waals surface area contributed by atoms with Gasteiger partial charge in [0.05, 0.1) is 25.1 Å². The van der Waals surface area contributed by atoms with Crippen LogP contribution in [-0.2, 0) is 24.4 Å². The fourth-order valence-corrected chi connectivity index (χ4v) is 4.56. The fourth-order valence-electron chi connectivity index (χ4n) is 3.23. The zero-order valence-corrected chi connectivity index (χ0v) is 16.1. The first-order valence-electron chi connectivity index (χ1n) is 8.76. The third-order valence-electron chi connectivity index (χ3n) is 4.64. The van der Waals surface area contributed by atoms with E-state index < -0.39 is 0 Å². The summed E-state index contributed by atoms with van der Waals surface area (Å²) >= 11 is 1.42. The number of carbonyl (C=O) groups is 1. The highest BCUT2D eigenvalue weighted by atomic mass is 32.1. The molecule has 0 bridgehead atoms. The molecule has 2 amide bonds. The molecule has 26 heavy (non-hydrogen) atoms. The molecule has 0 aromatic carbocycles. The predicted octanol–water partition coefficient (Wildman–Crippen LogP) is 1.11. The Morgan fingerprint density at radius 3 is 2.58 bits per heavy atom. The van der Waals surface area contributed by atoms with E-state index in [0.717, 1.165) is 10.4 Å². The second-order valence-electron chi connectivity index (χ2n) is 6.37. The average molecular weight is 380 g/mol. The van der Waals surface area contributed by atoms with Crippen LogP contribution in [0.25, 0.3) is 10.2 Å². The van der Waals surface area contributed by atoms with Gasteiger partial charge in [-0.15, -0.1) is 11.3 Å². The standard InChI is InChI=1S/C17H24N4O4S/c1-4-6-20-14(22)13-11(2)12(10-19-7-5-18-16(19)23)26-15(13)21(17(20)24)8-9-25-3/h4-10H2,1-3H3,(H,18,23). The molecular weight excluding hydrogens is 356 g/mol. The van der Waals surface area contributed by atoms with Gasteiger partial charge < -0.3 is 15.0 Å². The van der Waals surface area contributed by atoms with Crippen molar-refractivity contribution in [1.29, 1.82) is 0 Å². The van der Waals surface area contributed by atoms with Gasteiger partial charge in [0.2, 0.25) is 0 Å². The van der Waals surface area contributed by atoms with Crippen LogP contribution in [-0.4, -0.2) is 46.9 Å². The Morgan fingerprint density at radius 2 is 1.96 bits per heavy atom. The van der Waals surface area contributed by atoms with E-state index in [9.17, 15) is 14.4 Å². The lowest BCUT2D eigenvalue weighted by atomic mass is 10.2. The van der Waals surface area contributed by atoms with Crippen LogP contribution in [0.3, 0.4) is 0 Å². The molecule has 8 nitrogen and oxygen atoms in total. The maximum Gasteiger partial charge on any atom is 0.332 e. The van der Waals surface area contributed by atoms with Crippen molar-refractivity contribution in [3.63, 3.8) is 0 Å². The van der Waals surface area contributed by atoms with Gasteiger partial charge in [-0.05, 0) is 18.9 Å². The van der Waals surface area contributed by atoms with Crippen LogP contribution in [0.15, 0.2) is 9.59 Å². The van der Waals surface area contributed by atoms with Crippen LogP contribution in [0.4, 0.5) is 4.79 Å². The van der Waals surface area contributed by atoms with Gasteiger partial charge in [-0.25, -0.2) is 9.59 Å². The summed E-state index contributed by atoms with van der Waals surface area (Å²) in [4.78, 5) is 40.9. The lowest BCUT2D eigenvalue weighted by Gasteiger charge is -2.12. The number of hydrogen-bond acceptors (Lipinski definition) is 5. The van der Waals surface area contributed by atoms with Crippen molar-refractivity contribution in [3.05, 3.63) is 31.3 Å². The monoisotopic (exact) mass is 380 g/mol. The van der Waals surface area contributed by atoms with Crippen LogP contribution >= 0.6 is 11.3 Å². The summed E-state index contributed by atoms with van der Waals surface area (Å²) in [5, 5.41) is 3.36. The third-order valence-corrected chi connectivity index (χ3v) is 5.94. The van der Waals surface area contributed by atoms with Crippen molar-refractivity contribution in [2.24, 2.45) is 0 Å². The number of nitrogens with one attached hydrogen (secondary N) is 1. The van der Waals surface area contributed by atoms with Crippen LogP contribution < -0.4 is 16.6 Å². The Hall–Kier alpha value is -2.13. The van der Waals surface area contributed by atoms with E-state index in [1.807, 2.05) is 13.8 Å². The maximum atomic E-state index is 12.9. The lowest BCUT2D eigenvalue weighted by Crippen LogP contribution is -2.40. The quantitative estimate of drug-likeness (QED) is 0.780. The summed E-state index contributed by atoms with van der Waals surface area (Å²) in [6.45, 7) is 6.72. The Balaban J connectivity index is 2.17. The van der Waals surface area contributed by atoms with Crippen LogP contribution in [0.2, 0.25) is 0 Å². The van der Waals surface area contributed by atoms with E-state index in [0.29, 0.717) is 56.0 Å². The first-order chi connectivity index (χ1) is 12.5. The molecule has 1 aliphatic rings. The smallest absolute Gasteiger partial charge is 0.332 e. The van der Waals surface area contributed by atoms with Crippen LogP contribution in [0, 0.1) is 6.92 Å². The zero-order chi connectivity index (χ0) is 18.8. The van der Waals surface area contributed by atoms with Crippen LogP contribution in [0.5, 0.6) is 0 Å². The number of urea groups is 1. The van der Waals surface area contributed by atoms with Crippen molar-refractivity contribution in [1.82, 2.24) is 19.4 Å². The van der Waals surface area contributed by atoms with Gasteiger partial charge >= 0.3 is 11.7 Å². The number of carbonyl (C=O) groups excluding carboxylic acids is 1. The molecule has 2 aromatic rings. The predicted molar refractivity (Wildman–Crippen MR) is 101 cm³/mol. The van der Waals surface area contributed by atoms with Gasteiger partial charge in [0.15, 0.2) is 0 Å². The van der Waals surface area contributed by atoms with E-state index in [2.05, 4.69) is 5.32 Å². The number of ether oxygens (including phenoxy) is 1. The molecule has 1 aliphatic heterocycles. The number of nitrogens with zero attached hydrogens (tertiary/aromatic N) is 3. The van der Waals surface area contributed by atoms with E-state index in [4.69, 9.17) is 4.74 Å². The number of fused-ring (bicyclic) bond motifs is 1. The average Bonchev–Trinajstić information content (AvgIpc) is 3.16. The summed E-state index contributed by atoms with van der Waals surface area (Å²) in [6, 6.07) is -0.0953. The molecular formula is C17H24N4O4S. The number of amides is 2. The molecule has 142 valence electrons. The Kier molecular flexibility index (Phi) is 5.47. The minimum atomic E-state index is -0.298. The summed E-state index contributed by atoms with van der Waals surface area (Å²) in [6.07, 6.45) is 0.703. The molecule has 1 fully saturated rings. The van der Waals surface area contributed by atoms with Gasteiger partial charge in [0.25, 0.3) is 5.56 Å². The van der Waals surface area contributed by atoms with Crippen molar-refractivity contribution in [2.45, 2.75) is 39.9 Å². The minimum Gasteiger partial charge on any atom is -0.383 e. The largest absolute Gasteiger partial charge is 0.383 e. The van der Waals surface area contributed by atoms with Crippen molar-refractivity contribution in [3.8, 4) is 0 Å². The first kappa shape index (κ1) is 18.7. The normalized spacial score (nSPS) is 14.4. The summed E-state index contributed by atoms with van der Waals surface area (Å²) in [7, 11) is 1.58. The van der Waals surface area contributed by atoms with Crippen LogP contribution in [0.1, 0.15) is 23.8 Å². The summed E-state index contributed by atoms with van der Waals surface area (Å²) < 4.78 is 8.07. The van der Waals surface area contributed by atoms with E-state index in [-0.39, 0.29) is 17.3 Å². The molecule has 0 radical (unpaired) electrons. The molecule has 2 aromatic heterocycles. The van der Waals surface area contributed by atoms with Gasteiger partial charge in [0, 0.05) is 31.6 Å². The second kappa shape index (κ2) is 7.63. The highest BCUT2D eigenvalue weighted by Gasteiger charge is 2.24. The first-order valence-corrected chi connectivity index (χ1v) is 9.58. The second-order valence-corrected chi connectivity index (χ2v) is 7.45. The molecule has 3 rings (SSSR count). The van der Waals surface area contributed by atoms with Gasteiger partial charge in [0.1, 0.15) is 4.83 Å². The number of thiophene rings is 1. The lowest BCUT2D eigenvalue weighted by molar-refractivity contribution is 0.186. The number of rotatable bonds is 7. The Morgan fingerprint density at radius 1 is 1.19 bits per heavy atom. The molecule has 0 aliphatic carbocycles. The number of methoxy groups -OCH3 is 1. The van der Waals surface area contributed by atoms with Gasteiger partial charge in [-0.1, -0.05) is 6.92 Å². The van der Waals surface area contributed by atoms with E-state index in [1.165, 1.54) is 15.9 Å². The Bertz CT molecular complexity index is 943. The topological polar surface area (TPSA) is 85.6 Å². The summed E-state index contributed by atoms with van der Waals surface area (Å²) in [5.41, 5.74) is 0.310. The van der Waals surface area contributed by atoms with Crippen molar-refractivity contribution in [2.75, 3.05) is 26.8 Å². The number of aryl methyl sites for hydroxylation is 1. The maximum absolute atomic E-state index is 12.9. The molecule has 0 unspecified atom stereocenters. The molecule has 0 saturated carbocycles. The SMILES string of the molecule is CCCn1c(=O)c2c(C)c(CN3CCNC3=O)sc2n(CCOC)c1=O. The molecule has 0 atom stereocenters. The third kappa shape index (κ3) is 3.16. The number of hydrogen-bond donors (Lipinski definition) is 1. The Labute approximate surface area is 155 Å². The zero-order valence-electron chi connectivity index (χ0n) is 15.3. The van der Waals surface area contributed by atoms with Gasteiger partial charge in [-0.3, -0.25) is 13.9 Å². The van der Waals surface area contributed by atoms with Crippen molar-refractivity contribution < 1.29 is 9.53 Å². The van der Waals surface area contributed by atoms with E-state index >= 15 is 0 Å². The van der Waals surface area contributed by atoms with Gasteiger partial charge in [-0.2, -0.15) is 0 Å². The molecule has 9 heteroatoms. The molecule has 1 saturated heterocycles. The van der Waals surface area contributed by atoms with Crippen molar-refractivity contribution >= 4 is 27.6 Å². The number of aromatic nitrogens is 2. The minimum absolute atomic E-state index is 0.0953. The summed E-state index contributed by atoms with van der Waals surface area (Å²) in [5.74, 6) is 0. The fraction of sp³-hybridized carbons (Fsp3) is 0.588. The highest BCUT2D eigenvalue weighted by Crippen LogP contribution is 2.29. The molecule has 1 N–H and O–H groups in total. The molecule has 0 spiro atoms. The molecule has 3 heterocycles. The highest BCUT2D eigenvalue weighted by molar-refractivity contribution is 7.18.